The lowest BCUT2D eigenvalue weighted by Crippen LogP contribution is -2.22. The Kier molecular flexibility index (Phi) is 4.27. The number of hydrogen-bond donors (Lipinski definition) is 1. The summed E-state index contributed by atoms with van der Waals surface area (Å²) >= 11 is 6.19. The van der Waals surface area contributed by atoms with Gasteiger partial charge in [0.1, 0.15) is 11.6 Å². The van der Waals surface area contributed by atoms with Gasteiger partial charge in [-0.2, -0.15) is 0 Å². The quantitative estimate of drug-likeness (QED) is 0.899. The van der Waals surface area contributed by atoms with Gasteiger partial charge in [-0.05, 0) is 49.7 Å². The van der Waals surface area contributed by atoms with Crippen molar-refractivity contribution in [1.82, 2.24) is 5.32 Å². The summed E-state index contributed by atoms with van der Waals surface area (Å²) in [5.74, 6) is 0.553. The van der Waals surface area contributed by atoms with Crippen LogP contribution in [0, 0.1) is 19.7 Å². The molecule has 0 saturated carbocycles. The zero-order valence-corrected chi connectivity index (χ0v) is 12.0. The van der Waals surface area contributed by atoms with E-state index in [1.807, 2.05) is 19.9 Å². The van der Waals surface area contributed by atoms with Crippen molar-refractivity contribution in [1.29, 1.82) is 0 Å². The Bertz CT molecular complexity index is 580. The third-order valence-corrected chi connectivity index (χ3v) is 3.53. The minimum atomic E-state index is -0.284. The van der Waals surface area contributed by atoms with Crippen LogP contribution in [0.15, 0.2) is 28.9 Å². The predicted octanol–water partition coefficient (Wildman–Crippen LogP) is 4.39. The first kappa shape index (κ1) is 14.1. The zero-order chi connectivity index (χ0) is 14.0. The maximum atomic E-state index is 13.5. The summed E-state index contributed by atoms with van der Waals surface area (Å²) in [6.45, 7) is 6.44. The second-order valence-corrected chi connectivity index (χ2v) is 4.95. The summed E-state index contributed by atoms with van der Waals surface area (Å²) in [5.41, 5.74) is 2.48. The molecule has 2 nitrogen and oxygen atoms in total. The van der Waals surface area contributed by atoms with Crippen LogP contribution < -0.4 is 5.32 Å². The van der Waals surface area contributed by atoms with E-state index in [1.54, 1.807) is 19.3 Å². The molecule has 0 fully saturated rings. The smallest absolute Gasteiger partial charge is 0.127 e. The number of benzene rings is 1. The lowest BCUT2D eigenvalue weighted by atomic mass is 9.97. The fraction of sp³-hybridized carbons (Fsp3) is 0.333. The molecule has 0 saturated heterocycles. The summed E-state index contributed by atoms with van der Waals surface area (Å²) in [4.78, 5) is 0. The number of furan rings is 1. The highest BCUT2D eigenvalue weighted by atomic mass is 35.5. The fourth-order valence-electron chi connectivity index (χ4n) is 2.19. The second kappa shape index (κ2) is 5.76. The van der Waals surface area contributed by atoms with E-state index in [0.717, 1.165) is 23.4 Å². The molecule has 0 amide bonds. The molecular formula is C15H17ClFNO. The van der Waals surface area contributed by atoms with Crippen LogP contribution in [0.25, 0.3) is 0 Å². The van der Waals surface area contributed by atoms with Gasteiger partial charge in [-0.25, -0.2) is 4.39 Å². The highest BCUT2D eigenvalue weighted by Crippen LogP contribution is 2.32. The van der Waals surface area contributed by atoms with Gasteiger partial charge < -0.3 is 9.73 Å². The molecule has 4 heteroatoms. The van der Waals surface area contributed by atoms with Crippen LogP contribution in [0.4, 0.5) is 4.39 Å². The number of halogens is 2. The first-order valence-corrected chi connectivity index (χ1v) is 6.65. The van der Waals surface area contributed by atoms with Gasteiger partial charge in [0.15, 0.2) is 0 Å². The topological polar surface area (TPSA) is 25.2 Å². The molecule has 1 aromatic carbocycles. The average Bonchev–Trinajstić information content (AvgIpc) is 2.77. The first-order valence-electron chi connectivity index (χ1n) is 6.27. The first-order chi connectivity index (χ1) is 9.04. The Balaban J connectivity index is 2.51. The van der Waals surface area contributed by atoms with E-state index in [2.05, 4.69) is 5.32 Å². The lowest BCUT2D eigenvalue weighted by molar-refractivity contribution is 0.519. The van der Waals surface area contributed by atoms with Crippen LogP contribution in [0.1, 0.15) is 35.4 Å². The summed E-state index contributed by atoms with van der Waals surface area (Å²) in [6, 6.07) is 4.98. The minimum Gasteiger partial charge on any atom is -0.469 e. The van der Waals surface area contributed by atoms with Gasteiger partial charge in [-0.1, -0.05) is 18.5 Å². The molecule has 0 bridgehead atoms. The molecule has 0 aliphatic rings. The summed E-state index contributed by atoms with van der Waals surface area (Å²) in [7, 11) is 0. The Hall–Kier alpha value is -1.32. The van der Waals surface area contributed by atoms with Crippen LogP contribution in [-0.4, -0.2) is 6.54 Å². The number of hydrogen-bond acceptors (Lipinski definition) is 2. The minimum absolute atomic E-state index is 0.0875. The number of nitrogens with one attached hydrogen (secondary N) is 1. The van der Waals surface area contributed by atoms with Crippen LogP contribution in [0.3, 0.4) is 0 Å². The van der Waals surface area contributed by atoms with Crippen molar-refractivity contribution < 1.29 is 8.81 Å². The van der Waals surface area contributed by atoms with E-state index in [0.29, 0.717) is 10.6 Å². The SMILES string of the molecule is CCNC(c1cc(C)c(F)cc1Cl)c1ccoc1C. The maximum absolute atomic E-state index is 13.5. The van der Waals surface area contributed by atoms with Crippen molar-refractivity contribution in [2.24, 2.45) is 0 Å². The van der Waals surface area contributed by atoms with Gasteiger partial charge >= 0.3 is 0 Å². The summed E-state index contributed by atoms with van der Waals surface area (Å²) in [5, 5.41) is 3.79. The van der Waals surface area contributed by atoms with Crippen LogP contribution >= 0.6 is 11.6 Å². The second-order valence-electron chi connectivity index (χ2n) is 4.55. The Morgan fingerprint density at radius 1 is 1.32 bits per heavy atom. The van der Waals surface area contributed by atoms with Crippen molar-refractivity contribution in [2.75, 3.05) is 6.54 Å². The van der Waals surface area contributed by atoms with Crippen LogP contribution in [0.5, 0.6) is 0 Å². The molecule has 2 rings (SSSR count). The molecule has 0 aliphatic heterocycles. The molecule has 19 heavy (non-hydrogen) atoms. The molecular weight excluding hydrogens is 265 g/mol. The fourth-order valence-corrected chi connectivity index (χ4v) is 2.45. The molecule has 1 heterocycles. The average molecular weight is 282 g/mol. The van der Waals surface area contributed by atoms with Crippen LogP contribution in [0.2, 0.25) is 5.02 Å². The van der Waals surface area contributed by atoms with E-state index in [-0.39, 0.29) is 11.9 Å². The Labute approximate surface area is 117 Å². The normalized spacial score (nSPS) is 12.7. The molecule has 102 valence electrons. The number of aryl methyl sites for hydroxylation is 2. The van der Waals surface area contributed by atoms with Crippen molar-refractivity contribution in [3.8, 4) is 0 Å². The van der Waals surface area contributed by atoms with Gasteiger partial charge in [0, 0.05) is 10.6 Å². The van der Waals surface area contributed by atoms with Gasteiger partial charge in [-0.15, -0.1) is 0 Å². The van der Waals surface area contributed by atoms with Crippen LogP contribution in [-0.2, 0) is 0 Å². The molecule has 1 unspecified atom stereocenters. The molecule has 0 spiro atoms. The molecule has 1 atom stereocenters. The molecule has 0 radical (unpaired) electrons. The maximum Gasteiger partial charge on any atom is 0.127 e. The molecule has 2 aromatic rings. The molecule has 1 aromatic heterocycles. The van der Waals surface area contributed by atoms with Gasteiger partial charge in [0.2, 0.25) is 0 Å². The van der Waals surface area contributed by atoms with E-state index in [9.17, 15) is 4.39 Å². The predicted molar refractivity (Wildman–Crippen MR) is 75.1 cm³/mol. The highest BCUT2D eigenvalue weighted by Gasteiger charge is 2.20. The van der Waals surface area contributed by atoms with E-state index in [4.69, 9.17) is 16.0 Å². The third kappa shape index (κ3) is 2.82. The Morgan fingerprint density at radius 3 is 2.63 bits per heavy atom. The summed E-state index contributed by atoms with van der Waals surface area (Å²) in [6.07, 6.45) is 1.65. The zero-order valence-electron chi connectivity index (χ0n) is 11.3. The largest absolute Gasteiger partial charge is 0.469 e. The Morgan fingerprint density at radius 2 is 2.05 bits per heavy atom. The van der Waals surface area contributed by atoms with Crippen molar-refractivity contribution in [3.05, 3.63) is 57.8 Å². The third-order valence-electron chi connectivity index (χ3n) is 3.21. The molecule has 1 N–H and O–H groups in total. The highest BCUT2D eigenvalue weighted by molar-refractivity contribution is 6.31. The van der Waals surface area contributed by atoms with Crippen molar-refractivity contribution in [2.45, 2.75) is 26.8 Å². The van der Waals surface area contributed by atoms with E-state index < -0.39 is 0 Å². The standard InChI is InChI=1S/C15H17ClFNO/c1-4-18-15(11-5-6-19-10(11)3)12-7-9(2)14(17)8-13(12)16/h5-8,15,18H,4H2,1-3H3. The van der Waals surface area contributed by atoms with E-state index >= 15 is 0 Å². The summed E-state index contributed by atoms with van der Waals surface area (Å²) < 4.78 is 18.9. The van der Waals surface area contributed by atoms with Crippen molar-refractivity contribution >= 4 is 11.6 Å². The number of rotatable bonds is 4. The van der Waals surface area contributed by atoms with Gasteiger partial charge in [-0.3, -0.25) is 0 Å². The van der Waals surface area contributed by atoms with E-state index in [1.165, 1.54) is 6.07 Å². The van der Waals surface area contributed by atoms with Gasteiger partial charge in [0.25, 0.3) is 0 Å². The monoisotopic (exact) mass is 281 g/mol. The van der Waals surface area contributed by atoms with Gasteiger partial charge in [0.05, 0.1) is 12.3 Å². The molecule has 0 aliphatic carbocycles. The lowest BCUT2D eigenvalue weighted by Gasteiger charge is -2.20. The van der Waals surface area contributed by atoms with Crippen molar-refractivity contribution in [3.63, 3.8) is 0 Å².